The molecule has 4 aromatic rings. The molecule has 0 atom stereocenters. The van der Waals surface area contributed by atoms with Crippen LogP contribution in [0.4, 0.5) is 15.9 Å². The molecule has 192 valence electrons. The summed E-state index contributed by atoms with van der Waals surface area (Å²) in [4.78, 5) is 28.8. The molecule has 4 N–H and O–H groups in total. The lowest BCUT2D eigenvalue weighted by molar-refractivity contribution is -0.117. The Morgan fingerprint density at radius 1 is 1.18 bits per heavy atom. The highest BCUT2D eigenvalue weighted by Crippen LogP contribution is 2.39. The molecule has 1 aliphatic rings. The number of nitrogens with one attached hydrogen (secondary N) is 2. The average Bonchev–Trinajstić information content (AvgIpc) is 3.26. The van der Waals surface area contributed by atoms with Gasteiger partial charge in [-0.2, -0.15) is 5.10 Å². The zero-order chi connectivity index (χ0) is 26.8. The predicted octanol–water partition coefficient (Wildman–Crippen LogP) is 3.92. The van der Waals surface area contributed by atoms with Crippen LogP contribution in [0.3, 0.4) is 0 Å². The molecule has 2 heterocycles. The Bertz CT molecular complexity index is 1610. The van der Waals surface area contributed by atoms with Crippen LogP contribution in [0.5, 0.6) is 5.75 Å². The number of halogens is 1. The van der Waals surface area contributed by atoms with Crippen molar-refractivity contribution in [3.63, 3.8) is 0 Å². The second-order valence-electron chi connectivity index (χ2n) is 8.90. The molecule has 5 rings (SSSR count). The van der Waals surface area contributed by atoms with E-state index in [1.165, 1.54) is 25.3 Å². The van der Waals surface area contributed by atoms with Crippen molar-refractivity contribution in [1.29, 1.82) is 0 Å². The summed E-state index contributed by atoms with van der Waals surface area (Å²) in [5, 5.41) is 10.9. The van der Waals surface area contributed by atoms with Crippen molar-refractivity contribution >= 4 is 34.2 Å². The number of carbonyl (C=O) groups is 2. The molecule has 0 radical (unpaired) electrons. The number of hydrogen-bond donors (Lipinski definition) is 3. The van der Waals surface area contributed by atoms with E-state index in [1.807, 2.05) is 0 Å². The number of rotatable bonds is 6. The van der Waals surface area contributed by atoms with Gasteiger partial charge in [0.25, 0.3) is 11.8 Å². The highest BCUT2D eigenvalue weighted by atomic mass is 19.1. The summed E-state index contributed by atoms with van der Waals surface area (Å²) in [5.74, 6) is 4.37. The normalized spacial score (nSPS) is 16.2. The molecule has 1 fully saturated rings. The van der Waals surface area contributed by atoms with E-state index in [1.54, 1.807) is 48.1 Å². The molecule has 9 nitrogen and oxygen atoms in total. The third-order valence-electron chi connectivity index (χ3n) is 6.52. The topological polar surface area (TPSA) is 124 Å². The van der Waals surface area contributed by atoms with Crippen LogP contribution in [-0.4, -0.2) is 39.7 Å². The molecule has 1 saturated carbocycles. The number of nitrogens with two attached hydrogens (primary N) is 1. The first-order chi connectivity index (χ1) is 18.4. The molecule has 38 heavy (non-hydrogen) atoms. The minimum atomic E-state index is -0.621. The Morgan fingerprint density at radius 3 is 2.71 bits per heavy atom. The molecule has 2 aromatic heterocycles. The average molecular weight is 513 g/mol. The van der Waals surface area contributed by atoms with E-state index >= 15 is 4.39 Å². The van der Waals surface area contributed by atoms with Gasteiger partial charge in [-0.05, 0) is 62.1 Å². The van der Waals surface area contributed by atoms with Crippen LogP contribution in [0.2, 0.25) is 0 Å². The number of benzene rings is 2. The first kappa shape index (κ1) is 24.8. The first-order valence-electron chi connectivity index (χ1n) is 12.0. The quantitative estimate of drug-likeness (QED) is 0.337. The summed E-state index contributed by atoms with van der Waals surface area (Å²) in [6, 6.07) is 12.9. The van der Waals surface area contributed by atoms with Gasteiger partial charge < -0.3 is 21.1 Å². The van der Waals surface area contributed by atoms with E-state index in [9.17, 15) is 9.59 Å². The molecule has 2 aromatic carbocycles. The van der Waals surface area contributed by atoms with Crippen molar-refractivity contribution < 1.29 is 18.7 Å². The van der Waals surface area contributed by atoms with E-state index in [4.69, 9.17) is 15.6 Å². The molecule has 2 amide bonds. The molecule has 0 aliphatic heterocycles. The minimum absolute atomic E-state index is 0.0121. The zero-order valence-corrected chi connectivity index (χ0v) is 20.8. The fourth-order valence-corrected chi connectivity index (χ4v) is 4.61. The monoisotopic (exact) mass is 512 g/mol. The lowest BCUT2D eigenvalue weighted by Crippen LogP contribution is -2.44. The predicted molar refractivity (Wildman–Crippen MR) is 142 cm³/mol. The molecule has 1 aliphatic carbocycles. The number of ether oxygens (including phenoxy) is 1. The fraction of sp³-hybridized carbons (Fsp3) is 0.214. The third kappa shape index (κ3) is 4.62. The molecule has 0 bridgehead atoms. The molecular formula is C28H25FN6O3. The molecule has 0 spiro atoms. The van der Waals surface area contributed by atoms with Gasteiger partial charge in [-0.15, -0.1) is 0 Å². The maximum atomic E-state index is 15.4. The van der Waals surface area contributed by atoms with E-state index in [0.29, 0.717) is 40.9 Å². The van der Waals surface area contributed by atoms with Gasteiger partial charge in [-0.1, -0.05) is 18.1 Å². The number of hydrogen-bond acceptors (Lipinski definition) is 6. The van der Waals surface area contributed by atoms with Gasteiger partial charge in [0.05, 0.1) is 29.7 Å². The van der Waals surface area contributed by atoms with Crippen molar-refractivity contribution in [1.82, 2.24) is 20.1 Å². The van der Waals surface area contributed by atoms with E-state index in [-0.39, 0.29) is 34.9 Å². The Kier molecular flexibility index (Phi) is 6.66. The zero-order valence-electron chi connectivity index (χ0n) is 20.8. The molecule has 10 heteroatoms. The van der Waals surface area contributed by atoms with Crippen LogP contribution >= 0.6 is 0 Å². The molecular weight excluding hydrogens is 487 g/mol. The summed E-state index contributed by atoms with van der Waals surface area (Å²) in [7, 11) is 1.50. The van der Waals surface area contributed by atoms with Crippen molar-refractivity contribution in [3.05, 3.63) is 66.1 Å². The van der Waals surface area contributed by atoms with Crippen molar-refractivity contribution in [3.8, 4) is 28.8 Å². The largest absolute Gasteiger partial charge is 0.495 e. The maximum Gasteiger partial charge on any atom is 0.296 e. The van der Waals surface area contributed by atoms with Crippen LogP contribution in [0.15, 0.2) is 54.7 Å². The Hall–Kier alpha value is -4.91. The summed E-state index contributed by atoms with van der Waals surface area (Å²) < 4.78 is 22.5. The number of amides is 2. The van der Waals surface area contributed by atoms with Gasteiger partial charge in [-0.3, -0.25) is 14.3 Å². The Labute approximate surface area is 218 Å². The van der Waals surface area contributed by atoms with E-state index < -0.39 is 11.7 Å². The smallest absolute Gasteiger partial charge is 0.296 e. The van der Waals surface area contributed by atoms with Gasteiger partial charge in [0, 0.05) is 23.4 Å². The van der Waals surface area contributed by atoms with E-state index in [2.05, 4.69) is 27.5 Å². The number of anilines is 2. The maximum absolute atomic E-state index is 15.4. The summed E-state index contributed by atoms with van der Waals surface area (Å²) in [5.41, 5.74) is 8.07. The van der Waals surface area contributed by atoms with Crippen molar-refractivity contribution in [2.75, 3.05) is 18.2 Å². The summed E-state index contributed by atoms with van der Waals surface area (Å²) in [6.45, 7) is 1.61. The lowest BCUT2D eigenvalue weighted by Gasteiger charge is -2.35. The SMILES string of the molecule is CC#CC(=O)NC1CC(n2nc(-c3ccc(C(=O)Nc4ccccc4OC)cc3F)c3c(N)nccc32)C1. The van der Waals surface area contributed by atoms with Crippen LogP contribution < -0.4 is 21.1 Å². The summed E-state index contributed by atoms with van der Waals surface area (Å²) in [6.07, 6.45) is 2.89. The van der Waals surface area contributed by atoms with Crippen molar-refractivity contribution in [2.24, 2.45) is 0 Å². The first-order valence-corrected chi connectivity index (χ1v) is 12.0. The number of nitrogen functional groups attached to an aromatic ring is 1. The Morgan fingerprint density at radius 2 is 1.97 bits per heavy atom. The highest BCUT2D eigenvalue weighted by Gasteiger charge is 2.34. The highest BCUT2D eigenvalue weighted by molar-refractivity contribution is 6.06. The van der Waals surface area contributed by atoms with Gasteiger partial charge in [0.2, 0.25) is 0 Å². The number of methoxy groups -OCH3 is 1. The number of pyridine rings is 1. The summed E-state index contributed by atoms with van der Waals surface area (Å²) >= 11 is 0. The number of aromatic nitrogens is 3. The molecule has 0 unspecified atom stereocenters. The lowest BCUT2D eigenvalue weighted by atomic mass is 9.86. The number of para-hydroxylation sites is 2. The number of fused-ring (bicyclic) bond motifs is 1. The molecule has 0 saturated heterocycles. The van der Waals surface area contributed by atoms with E-state index in [0.717, 1.165) is 0 Å². The number of nitrogens with zero attached hydrogens (tertiary/aromatic N) is 3. The van der Waals surface area contributed by atoms with Crippen LogP contribution in [-0.2, 0) is 4.79 Å². The van der Waals surface area contributed by atoms with Crippen LogP contribution in [0.25, 0.3) is 22.2 Å². The number of carbonyl (C=O) groups excluding carboxylic acids is 2. The Balaban J connectivity index is 1.43. The third-order valence-corrected chi connectivity index (χ3v) is 6.52. The fourth-order valence-electron chi connectivity index (χ4n) is 4.61. The van der Waals surface area contributed by atoms with Crippen molar-refractivity contribution in [2.45, 2.75) is 31.8 Å². The minimum Gasteiger partial charge on any atom is -0.495 e. The standard InChI is InChI=1S/C28H25FN6O3/c1-3-6-24(36)32-17-14-18(15-17)35-22-11-12-31-27(30)25(22)26(34-35)19-10-9-16(13-20(19)29)28(37)33-21-7-4-5-8-23(21)38-2/h4-5,7-13,17-18H,14-15H2,1-2H3,(H2,30,31)(H,32,36)(H,33,37). The van der Waals surface area contributed by atoms with Crippen LogP contribution in [0, 0.1) is 17.7 Å². The van der Waals surface area contributed by atoms with Gasteiger partial charge >= 0.3 is 0 Å². The second-order valence-corrected chi connectivity index (χ2v) is 8.90. The van der Waals surface area contributed by atoms with Gasteiger partial charge in [0.15, 0.2) is 0 Å². The van der Waals surface area contributed by atoms with Gasteiger partial charge in [-0.25, -0.2) is 9.37 Å². The second kappa shape index (κ2) is 10.2. The van der Waals surface area contributed by atoms with Gasteiger partial charge in [0.1, 0.15) is 23.1 Å². The van der Waals surface area contributed by atoms with Crippen LogP contribution in [0.1, 0.15) is 36.2 Å².